The Kier molecular flexibility index (Phi) is 4.87. The number of ether oxygens (including phenoxy) is 3. The molecule has 4 heteroatoms. The molecule has 0 unspecified atom stereocenters. The van der Waals surface area contributed by atoms with Crippen molar-refractivity contribution in [3.05, 3.63) is 0 Å². The monoisotopic (exact) mass is 404 g/mol. The van der Waals surface area contributed by atoms with Gasteiger partial charge in [0.15, 0.2) is 5.79 Å². The van der Waals surface area contributed by atoms with E-state index in [1.54, 1.807) is 6.92 Å². The lowest BCUT2D eigenvalue weighted by Gasteiger charge is -2.61. The zero-order chi connectivity index (χ0) is 20.4. The SMILES string of the molecule is CC(=O)O[C@@H]1CC[C@@H]2[C@H]3CC[C@H]4C[C@@H](C5(C)OCCO5)CC[C@]4(C)[C@@H]3CC[C@@]21C. The molecule has 0 aromatic rings. The largest absolute Gasteiger partial charge is 0.462 e. The number of hydrogen-bond donors (Lipinski definition) is 0. The van der Waals surface area contributed by atoms with Crippen LogP contribution < -0.4 is 0 Å². The Balaban J connectivity index is 1.33. The second-order valence-corrected chi connectivity index (χ2v) is 11.6. The van der Waals surface area contributed by atoms with Crippen molar-refractivity contribution in [2.45, 2.75) is 97.4 Å². The second kappa shape index (κ2) is 6.95. The third-order valence-corrected chi connectivity index (χ3v) is 10.5. The quantitative estimate of drug-likeness (QED) is 0.583. The van der Waals surface area contributed by atoms with Crippen LogP contribution in [0.25, 0.3) is 0 Å². The molecule has 1 heterocycles. The summed E-state index contributed by atoms with van der Waals surface area (Å²) in [5.41, 5.74) is 0.668. The molecule has 0 aromatic heterocycles. The Bertz CT molecular complexity index is 655. The molecule has 1 saturated heterocycles. The summed E-state index contributed by atoms with van der Waals surface area (Å²) in [5, 5.41) is 0. The second-order valence-electron chi connectivity index (χ2n) is 11.6. The van der Waals surface area contributed by atoms with Crippen molar-refractivity contribution < 1.29 is 19.0 Å². The van der Waals surface area contributed by atoms with Gasteiger partial charge in [-0.3, -0.25) is 4.79 Å². The van der Waals surface area contributed by atoms with E-state index >= 15 is 0 Å². The summed E-state index contributed by atoms with van der Waals surface area (Å²) in [5.74, 6) is 3.32. The minimum absolute atomic E-state index is 0.0992. The highest BCUT2D eigenvalue weighted by Gasteiger charge is 2.61. The maximum absolute atomic E-state index is 11.7. The van der Waals surface area contributed by atoms with Crippen LogP contribution in [0.5, 0.6) is 0 Å². The van der Waals surface area contributed by atoms with Crippen molar-refractivity contribution in [1.82, 2.24) is 0 Å². The minimum Gasteiger partial charge on any atom is -0.462 e. The van der Waals surface area contributed by atoms with Crippen molar-refractivity contribution in [2.75, 3.05) is 13.2 Å². The van der Waals surface area contributed by atoms with Crippen LogP contribution in [-0.4, -0.2) is 31.1 Å². The fraction of sp³-hybridized carbons (Fsp3) is 0.960. The zero-order valence-electron chi connectivity index (χ0n) is 18.9. The first kappa shape index (κ1) is 20.3. The minimum atomic E-state index is -0.341. The highest BCUT2D eigenvalue weighted by molar-refractivity contribution is 5.66. The molecule has 0 spiro atoms. The van der Waals surface area contributed by atoms with Gasteiger partial charge >= 0.3 is 5.97 Å². The van der Waals surface area contributed by atoms with Crippen molar-refractivity contribution >= 4 is 5.97 Å². The van der Waals surface area contributed by atoms with E-state index in [4.69, 9.17) is 14.2 Å². The zero-order valence-corrected chi connectivity index (χ0v) is 18.9. The molecule has 4 aliphatic carbocycles. The van der Waals surface area contributed by atoms with Gasteiger partial charge in [-0.2, -0.15) is 0 Å². The van der Waals surface area contributed by atoms with Gasteiger partial charge in [0.25, 0.3) is 0 Å². The van der Waals surface area contributed by atoms with E-state index in [1.807, 2.05) is 0 Å². The first-order valence-electron chi connectivity index (χ1n) is 12.2. The predicted octanol–water partition coefficient (Wildman–Crippen LogP) is 5.34. The number of carbonyl (C=O) groups excluding carboxylic acids is 1. The molecule has 5 fully saturated rings. The molecular formula is C25H40O4. The molecule has 0 radical (unpaired) electrons. The number of hydrogen-bond acceptors (Lipinski definition) is 4. The van der Waals surface area contributed by atoms with Gasteiger partial charge in [0, 0.05) is 18.3 Å². The van der Waals surface area contributed by atoms with Gasteiger partial charge in [-0.25, -0.2) is 0 Å². The average Bonchev–Trinajstić information content (AvgIpc) is 3.25. The highest BCUT2D eigenvalue weighted by Crippen LogP contribution is 2.67. The Morgan fingerprint density at radius 2 is 1.52 bits per heavy atom. The average molecular weight is 405 g/mol. The number of rotatable bonds is 2. The van der Waals surface area contributed by atoms with E-state index in [-0.39, 0.29) is 23.3 Å². The lowest BCUT2D eigenvalue weighted by atomic mass is 9.44. The molecule has 0 bridgehead atoms. The lowest BCUT2D eigenvalue weighted by molar-refractivity contribution is -0.211. The van der Waals surface area contributed by atoms with Crippen LogP contribution in [-0.2, 0) is 19.0 Å². The summed E-state index contributed by atoms with van der Waals surface area (Å²) in [4.78, 5) is 11.7. The maximum Gasteiger partial charge on any atom is 0.302 e. The Hall–Kier alpha value is -0.610. The topological polar surface area (TPSA) is 44.8 Å². The van der Waals surface area contributed by atoms with Crippen molar-refractivity contribution in [2.24, 2.45) is 40.4 Å². The van der Waals surface area contributed by atoms with E-state index in [2.05, 4.69) is 20.8 Å². The Morgan fingerprint density at radius 1 is 0.828 bits per heavy atom. The normalized spacial score (nSPS) is 51.0. The molecule has 5 rings (SSSR count). The van der Waals surface area contributed by atoms with Crippen LogP contribution in [0, 0.1) is 40.4 Å². The predicted molar refractivity (Wildman–Crippen MR) is 111 cm³/mol. The first-order chi connectivity index (χ1) is 13.8. The molecule has 0 aromatic carbocycles. The van der Waals surface area contributed by atoms with Crippen LogP contribution in [0.2, 0.25) is 0 Å². The van der Waals surface area contributed by atoms with E-state index in [0.717, 1.165) is 43.3 Å². The molecule has 4 nitrogen and oxygen atoms in total. The summed E-state index contributed by atoms with van der Waals surface area (Å²) < 4.78 is 17.9. The molecule has 0 amide bonds. The molecule has 4 saturated carbocycles. The van der Waals surface area contributed by atoms with Crippen molar-refractivity contribution in [3.8, 4) is 0 Å². The molecule has 8 atom stereocenters. The maximum atomic E-state index is 11.7. The summed E-state index contributed by atoms with van der Waals surface area (Å²) in [6, 6.07) is 0. The van der Waals surface area contributed by atoms with E-state index < -0.39 is 0 Å². The van der Waals surface area contributed by atoms with Gasteiger partial charge in [-0.1, -0.05) is 13.8 Å². The van der Waals surface area contributed by atoms with Crippen LogP contribution >= 0.6 is 0 Å². The first-order valence-corrected chi connectivity index (χ1v) is 12.2. The molecule has 1 aliphatic heterocycles. The summed E-state index contributed by atoms with van der Waals surface area (Å²) in [6.45, 7) is 10.3. The smallest absolute Gasteiger partial charge is 0.302 e. The van der Waals surface area contributed by atoms with Gasteiger partial charge < -0.3 is 14.2 Å². The van der Waals surface area contributed by atoms with E-state index in [9.17, 15) is 4.79 Å². The van der Waals surface area contributed by atoms with E-state index in [0.29, 0.717) is 11.3 Å². The van der Waals surface area contributed by atoms with E-state index in [1.165, 1.54) is 51.4 Å². The fourth-order valence-corrected chi connectivity index (χ4v) is 8.85. The molecule has 5 aliphatic rings. The lowest BCUT2D eigenvalue weighted by Crippen LogP contribution is -2.55. The van der Waals surface area contributed by atoms with Crippen molar-refractivity contribution in [3.63, 3.8) is 0 Å². The Labute approximate surface area is 176 Å². The van der Waals surface area contributed by atoms with Gasteiger partial charge in [-0.15, -0.1) is 0 Å². The van der Waals surface area contributed by atoms with Gasteiger partial charge in [0.05, 0.1) is 13.2 Å². The van der Waals surface area contributed by atoms with Crippen LogP contribution in [0.1, 0.15) is 85.5 Å². The number of esters is 1. The summed E-state index contributed by atoms with van der Waals surface area (Å²) in [7, 11) is 0. The third kappa shape index (κ3) is 3.03. The highest BCUT2D eigenvalue weighted by atomic mass is 16.7. The number of carbonyl (C=O) groups is 1. The van der Waals surface area contributed by atoms with Crippen LogP contribution in [0.3, 0.4) is 0 Å². The van der Waals surface area contributed by atoms with Gasteiger partial charge in [0.2, 0.25) is 0 Å². The summed E-state index contributed by atoms with van der Waals surface area (Å²) in [6.07, 6.45) is 11.6. The van der Waals surface area contributed by atoms with Gasteiger partial charge in [-0.05, 0) is 93.8 Å². The van der Waals surface area contributed by atoms with Gasteiger partial charge in [0.1, 0.15) is 6.10 Å². The molecular weight excluding hydrogens is 364 g/mol. The van der Waals surface area contributed by atoms with Crippen LogP contribution in [0.15, 0.2) is 0 Å². The molecule has 0 N–H and O–H groups in total. The fourth-order valence-electron chi connectivity index (χ4n) is 8.85. The summed E-state index contributed by atoms with van der Waals surface area (Å²) >= 11 is 0. The van der Waals surface area contributed by atoms with Crippen LogP contribution in [0.4, 0.5) is 0 Å². The number of fused-ring (bicyclic) bond motifs is 5. The Morgan fingerprint density at radius 3 is 2.24 bits per heavy atom. The molecule has 164 valence electrons. The molecule has 29 heavy (non-hydrogen) atoms. The third-order valence-electron chi connectivity index (χ3n) is 10.5. The van der Waals surface area contributed by atoms with Crippen molar-refractivity contribution in [1.29, 1.82) is 0 Å². The standard InChI is InChI=1S/C25H40O4/c1-16(26)29-22-8-7-20-19-6-5-17-15-18(25(4)27-13-14-28-25)9-11-23(17,2)21(19)10-12-24(20,22)3/h17-22H,5-15H2,1-4H3/t17-,18-,19+,20+,21+,22+,23-,24-/m0/s1.